The van der Waals surface area contributed by atoms with Gasteiger partial charge in [0.15, 0.2) is 0 Å². The van der Waals surface area contributed by atoms with Crippen molar-refractivity contribution in [1.82, 2.24) is 16.2 Å². The van der Waals surface area contributed by atoms with Gasteiger partial charge >= 0.3 is 0 Å². The molecule has 23 heavy (non-hydrogen) atoms. The molecule has 0 saturated carbocycles. The topological polar surface area (TPSA) is 109 Å². The molecule has 0 spiro atoms. The average molecular weight is 314 g/mol. The van der Waals surface area contributed by atoms with E-state index in [0.717, 1.165) is 0 Å². The first-order valence-electron chi connectivity index (χ1n) is 7.25. The maximum atomic E-state index is 12.2. The fourth-order valence-electron chi connectivity index (χ4n) is 3.46. The molecule has 2 fully saturated rings. The highest BCUT2D eigenvalue weighted by atomic mass is 16.6. The van der Waals surface area contributed by atoms with Crippen molar-refractivity contribution in [2.75, 3.05) is 0 Å². The summed E-state index contributed by atoms with van der Waals surface area (Å²) >= 11 is 0. The second-order valence-electron chi connectivity index (χ2n) is 5.64. The number of benzene rings is 1. The van der Waals surface area contributed by atoms with Crippen molar-refractivity contribution in [3.63, 3.8) is 0 Å². The SMILES string of the molecule is O=C1NC(c2ccccc2[N+](=O)[O-])C2C1NNC2c1ccco1. The first-order chi connectivity index (χ1) is 11.2. The Hall–Kier alpha value is -2.71. The van der Waals surface area contributed by atoms with Gasteiger partial charge in [-0.25, -0.2) is 10.9 Å². The zero-order chi connectivity index (χ0) is 16.0. The van der Waals surface area contributed by atoms with Crippen molar-refractivity contribution in [2.24, 2.45) is 5.92 Å². The number of hydrazine groups is 1. The number of para-hydroxylation sites is 1. The van der Waals surface area contributed by atoms with E-state index < -0.39 is 17.0 Å². The normalized spacial score (nSPS) is 29.3. The number of rotatable bonds is 3. The molecule has 2 saturated heterocycles. The van der Waals surface area contributed by atoms with Crippen LogP contribution in [0, 0.1) is 16.0 Å². The Morgan fingerprint density at radius 2 is 1.83 bits per heavy atom. The number of nitrogens with one attached hydrogen (secondary N) is 3. The Balaban J connectivity index is 1.77. The number of nitro groups is 1. The minimum atomic E-state index is -0.466. The molecule has 2 aliphatic heterocycles. The fraction of sp³-hybridized carbons (Fsp3) is 0.267. The van der Waals surface area contributed by atoms with Crippen LogP contribution in [0.4, 0.5) is 5.69 Å². The monoisotopic (exact) mass is 314 g/mol. The smallest absolute Gasteiger partial charge is 0.274 e. The maximum Gasteiger partial charge on any atom is 0.274 e. The van der Waals surface area contributed by atoms with Gasteiger partial charge < -0.3 is 9.73 Å². The number of hydrogen-bond donors (Lipinski definition) is 3. The van der Waals surface area contributed by atoms with Crippen LogP contribution < -0.4 is 16.2 Å². The van der Waals surface area contributed by atoms with Crippen molar-refractivity contribution < 1.29 is 14.1 Å². The van der Waals surface area contributed by atoms with E-state index in [2.05, 4.69) is 16.2 Å². The summed E-state index contributed by atoms with van der Waals surface area (Å²) in [5.41, 5.74) is 6.53. The summed E-state index contributed by atoms with van der Waals surface area (Å²) in [7, 11) is 0. The lowest BCUT2D eigenvalue weighted by molar-refractivity contribution is -0.385. The van der Waals surface area contributed by atoms with E-state index in [-0.39, 0.29) is 23.6 Å². The van der Waals surface area contributed by atoms with E-state index in [1.165, 1.54) is 6.07 Å². The quantitative estimate of drug-likeness (QED) is 0.580. The summed E-state index contributed by atoms with van der Waals surface area (Å²) in [6.07, 6.45) is 1.56. The summed E-state index contributed by atoms with van der Waals surface area (Å²) in [5.74, 6) is 0.277. The lowest BCUT2D eigenvalue weighted by atomic mass is 9.85. The third-order valence-electron chi connectivity index (χ3n) is 4.45. The van der Waals surface area contributed by atoms with Gasteiger partial charge in [0.05, 0.1) is 28.8 Å². The molecule has 8 heteroatoms. The number of nitrogens with zero attached hydrogens (tertiary/aromatic N) is 1. The highest BCUT2D eigenvalue weighted by molar-refractivity contribution is 5.86. The van der Waals surface area contributed by atoms with E-state index in [1.54, 1.807) is 30.5 Å². The fourth-order valence-corrected chi connectivity index (χ4v) is 3.46. The molecule has 118 valence electrons. The molecule has 0 radical (unpaired) electrons. The molecule has 4 unspecified atom stereocenters. The van der Waals surface area contributed by atoms with Crippen molar-refractivity contribution in [1.29, 1.82) is 0 Å². The molecule has 2 aromatic rings. The number of carbonyl (C=O) groups excluding carboxylic acids is 1. The van der Waals surface area contributed by atoms with Gasteiger partial charge in [-0.05, 0) is 12.1 Å². The zero-order valence-corrected chi connectivity index (χ0v) is 11.9. The third kappa shape index (κ3) is 2.11. The molecule has 1 aromatic heterocycles. The summed E-state index contributed by atoms with van der Waals surface area (Å²) in [5, 5.41) is 14.2. The van der Waals surface area contributed by atoms with Crippen LogP contribution >= 0.6 is 0 Å². The lowest BCUT2D eigenvalue weighted by Gasteiger charge is -2.22. The molecule has 0 aliphatic carbocycles. The first-order valence-corrected chi connectivity index (χ1v) is 7.25. The number of fused-ring (bicyclic) bond motifs is 1. The summed E-state index contributed by atoms with van der Waals surface area (Å²) < 4.78 is 5.45. The number of furan rings is 1. The first kappa shape index (κ1) is 13.9. The van der Waals surface area contributed by atoms with Gasteiger partial charge in [0.25, 0.3) is 5.69 Å². The van der Waals surface area contributed by atoms with E-state index in [9.17, 15) is 14.9 Å². The number of amides is 1. The molecular weight excluding hydrogens is 300 g/mol. The Morgan fingerprint density at radius 1 is 1.04 bits per heavy atom. The molecule has 4 rings (SSSR count). The average Bonchev–Trinajstić information content (AvgIpc) is 3.25. The Kier molecular flexibility index (Phi) is 3.14. The predicted octanol–water partition coefficient (Wildman–Crippen LogP) is 1.19. The van der Waals surface area contributed by atoms with Crippen molar-refractivity contribution in [2.45, 2.75) is 18.1 Å². The van der Waals surface area contributed by atoms with Gasteiger partial charge in [-0.15, -0.1) is 0 Å². The lowest BCUT2D eigenvalue weighted by Crippen LogP contribution is -2.39. The van der Waals surface area contributed by atoms with Gasteiger partial charge in [-0.2, -0.15) is 0 Å². The Bertz CT molecular complexity index is 761. The number of hydrogen-bond acceptors (Lipinski definition) is 6. The minimum absolute atomic E-state index is 0.00328. The van der Waals surface area contributed by atoms with Crippen LogP contribution in [0.5, 0.6) is 0 Å². The van der Waals surface area contributed by atoms with Crippen LogP contribution in [0.25, 0.3) is 0 Å². The van der Waals surface area contributed by atoms with Crippen LogP contribution in [0.2, 0.25) is 0 Å². The second-order valence-corrected chi connectivity index (χ2v) is 5.64. The van der Waals surface area contributed by atoms with Crippen molar-refractivity contribution in [3.8, 4) is 0 Å². The van der Waals surface area contributed by atoms with E-state index in [4.69, 9.17) is 4.42 Å². The Labute approximate surface area is 131 Å². The molecule has 1 aromatic carbocycles. The second kappa shape index (κ2) is 5.18. The molecule has 3 heterocycles. The highest BCUT2D eigenvalue weighted by Gasteiger charge is 2.53. The van der Waals surface area contributed by atoms with Gasteiger partial charge in [-0.3, -0.25) is 14.9 Å². The van der Waals surface area contributed by atoms with E-state index >= 15 is 0 Å². The predicted molar refractivity (Wildman–Crippen MR) is 79.0 cm³/mol. The molecule has 8 nitrogen and oxygen atoms in total. The van der Waals surface area contributed by atoms with E-state index in [1.807, 2.05) is 6.07 Å². The number of nitro benzene ring substituents is 1. The van der Waals surface area contributed by atoms with Gasteiger partial charge in [-0.1, -0.05) is 18.2 Å². The van der Waals surface area contributed by atoms with Crippen molar-refractivity contribution >= 4 is 11.6 Å². The molecule has 4 atom stereocenters. The van der Waals surface area contributed by atoms with Crippen LogP contribution in [-0.4, -0.2) is 16.9 Å². The number of carbonyl (C=O) groups is 1. The minimum Gasteiger partial charge on any atom is -0.468 e. The zero-order valence-electron chi connectivity index (χ0n) is 11.9. The van der Waals surface area contributed by atoms with Crippen LogP contribution in [0.3, 0.4) is 0 Å². The summed E-state index contributed by atoms with van der Waals surface area (Å²) in [6, 6.07) is 8.90. The van der Waals surface area contributed by atoms with Crippen LogP contribution in [0.15, 0.2) is 47.1 Å². The molecule has 1 amide bonds. The van der Waals surface area contributed by atoms with Gasteiger partial charge in [0, 0.05) is 12.0 Å². The Morgan fingerprint density at radius 3 is 2.57 bits per heavy atom. The van der Waals surface area contributed by atoms with Crippen LogP contribution in [-0.2, 0) is 4.79 Å². The summed E-state index contributed by atoms with van der Waals surface area (Å²) in [6.45, 7) is 0. The molecule has 0 bridgehead atoms. The standard InChI is InChI=1S/C15H14N4O4/c20-15-14-11(13(17-18-14)10-6-3-7-23-10)12(16-15)8-4-1-2-5-9(8)19(21)22/h1-7,11-14,17-18H,(H,16,20). The van der Waals surface area contributed by atoms with Gasteiger partial charge in [0.2, 0.25) is 5.91 Å². The molecule has 2 aliphatic rings. The van der Waals surface area contributed by atoms with Crippen molar-refractivity contribution in [3.05, 3.63) is 64.1 Å². The largest absolute Gasteiger partial charge is 0.468 e. The van der Waals surface area contributed by atoms with Crippen LogP contribution in [0.1, 0.15) is 23.4 Å². The third-order valence-corrected chi connectivity index (χ3v) is 4.45. The summed E-state index contributed by atoms with van der Waals surface area (Å²) in [4.78, 5) is 23.1. The van der Waals surface area contributed by atoms with Gasteiger partial charge in [0.1, 0.15) is 11.8 Å². The maximum absolute atomic E-state index is 12.2. The molecular formula is C15H14N4O4. The highest BCUT2D eigenvalue weighted by Crippen LogP contribution is 2.44. The van der Waals surface area contributed by atoms with E-state index in [0.29, 0.717) is 11.3 Å². The molecule has 3 N–H and O–H groups in total.